The maximum atomic E-state index is 12.0. The summed E-state index contributed by atoms with van der Waals surface area (Å²) in [4.78, 5) is 14.3. The third-order valence-electron chi connectivity index (χ3n) is 3.20. The SMILES string of the molecule is CC(C)CNC(=O)C(C)N1CC(C)NC(C)C1. The molecule has 1 saturated heterocycles. The van der Waals surface area contributed by atoms with Crippen LogP contribution in [-0.2, 0) is 4.79 Å². The fraction of sp³-hybridized carbons (Fsp3) is 0.923. The molecule has 1 fully saturated rings. The van der Waals surface area contributed by atoms with E-state index in [0.29, 0.717) is 18.0 Å². The van der Waals surface area contributed by atoms with Crippen LogP contribution in [-0.4, -0.2) is 48.6 Å². The molecule has 3 unspecified atom stereocenters. The van der Waals surface area contributed by atoms with Crippen molar-refractivity contribution < 1.29 is 4.79 Å². The van der Waals surface area contributed by atoms with E-state index in [9.17, 15) is 4.79 Å². The largest absolute Gasteiger partial charge is 0.354 e. The molecule has 0 radical (unpaired) electrons. The minimum atomic E-state index is -0.0271. The molecule has 1 aliphatic heterocycles. The average molecular weight is 241 g/mol. The molecule has 100 valence electrons. The lowest BCUT2D eigenvalue weighted by Gasteiger charge is -2.39. The summed E-state index contributed by atoms with van der Waals surface area (Å²) in [7, 11) is 0. The van der Waals surface area contributed by atoms with Crippen LogP contribution >= 0.6 is 0 Å². The second-order valence-corrected chi connectivity index (χ2v) is 5.74. The summed E-state index contributed by atoms with van der Waals surface area (Å²) in [6, 6.07) is 0.888. The molecule has 2 N–H and O–H groups in total. The van der Waals surface area contributed by atoms with Crippen LogP contribution in [0.4, 0.5) is 0 Å². The second-order valence-electron chi connectivity index (χ2n) is 5.74. The Morgan fingerprint density at radius 2 is 1.82 bits per heavy atom. The average Bonchev–Trinajstić information content (AvgIpc) is 2.23. The monoisotopic (exact) mass is 241 g/mol. The maximum absolute atomic E-state index is 12.0. The van der Waals surface area contributed by atoms with Crippen LogP contribution in [0.2, 0.25) is 0 Å². The van der Waals surface area contributed by atoms with Crippen LogP contribution in [0.3, 0.4) is 0 Å². The summed E-state index contributed by atoms with van der Waals surface area (Å²) < 4.78 is 0. The van der Waals surface area contributed by atoms with Gasteiger partial charge in [-0.2, -0.15) is 0 Å². The van der Waals surface area contributed by atoms with Crippen molar-refractivity contribution >= 4 is 5.91 Å². The third kappa shape index (κ3) is 4.64. The van der Waals surface area contributed by atoms with Gasteiger partial charge in [-0.1, -0.05) is 13.8 Å². The number of carbonyl (C=O) groups excluding carboxylic acids is 1. The third-order valence-corrected chi connectivity index (χ3v) is 3.20. The van der Waals surface area contributed by atoms with Crippen molar-refractivity contribution in [3.05, 3.63) is 0 Å². The van der Waals surface area contributed by atoms with Gasteiger partial charge in [0, 0.05) is 31.7 Å². The van der Waals surface area contributed by atoms with Gasteiger partial charge in [-0.3, -0.25) is 9.69 Å². The quantitative estimate of drug-likeness (QED) is 0.766. The Balaban J connectivity index is 2.45. The predicted octanol–water partition coefficient (Wildman–Crippen LogP) is 0.829. The lowest BCUT2D eigenvalue weighted by molar-refractivity contribution is -0.126. The van der Waals surface area contributed by atoms with Gasteiger partial charge in [-0.15, -0.1) is 0 Å². The van der Waals surface area contributed by atoms with E-state index in [1.165, 1.54) is 0 Å². The van der Waals surface area contributed by atoms with Gasteiger partial charge in [0.1, 0.15) is 0 Å². The molecule has 3 atom stereocenters. The zero-order chi connectivity index (χ0) is 13.0. The highest BCUT2D eigenvalue weighted by atomic mass is 16.2. The fourth-order valence-electron chi connectivity index (χ4n) is 2.30. The van der Waals surface area contributed by atoms with Crippen molar-refractivity contribution in [2.45, 2.75) is 52.7 Å². The van der Waals surface area contributed by atoms with Crippen LogP contribution in [0, 0.1) is 5.92 Å². The van der Waals surface area contributed by atoms with Gasteiger partial charge >= 0.3 is 0 Å². The maximum Gasteiger partial charge on any atom is 0.237 e. The molecule has 0 bridgehead atoms. The molecule has 1 aliphatic rings. The Morgan fingerprint density at radius 1 is 1.29 bits per heavy atom. The summed E-state index contributed by atoms with van der Waals surface area (Å²) in [6.45, 7) is 13.2. The van der Waals surface area contributed by atoms with Crippen LogP contribution in [0.25, 0.3) is 0 Å². The first kappa shape index (κ1) is 14.5. The zero-order valence-corrected chi connectivity index (χ0v) is 11.8. The van der Waals surface area contributed by atoms with E-state index < -0.39 is 0 Å². The first-order valence-electron chi connectivity index (χ1n) is 6.68. The number of piperazine rings is 1. The van der Waals surface area contributed by atoms with Gasteiger partial charge in [0.15, 0.2) is 0 Å². The van der Waals surface area contributed by atoms with Gasteiger partial charge in [0.25, 0.3) is 0 Å². The van der Waals surface area contributed by atoms with E-state index in [4.69, 9.17) is 0 Å². The topological polar surface area (TPSA) is 44.4 Å². The van der Waals surface area contributed by atoms with E-state index in [2.05, 4.69) is 43.2 Å². The standard InChI is InChI=1S/C13H27N3O/c1-9(2)6-14-13(17)12(5)16-7-10(3)15-11(4)8-16/h9-12,15H,6-8H2,1-5H3,(H,14,17). The number of carbonyl (C=O) groups is 1. The smallest absolute Gasteiger partial charge is 0.237 e. The van der Waals surface area contributed by atoms with Crippen molar-refractivity contribution in [1.82, 2.24) is 15.5 Å². The summed E-state index contributed by atoms with van der Waals surface area (Å²) in [5, 5.41) is 6.49. The van der Waals surface area contributed by atoms with Gasteiger partial charge in [0.05, 0.1) is 6.04 Å². The Kier molecular flexibility index (Phi) is 5.40. The molecule has 0 aromatic heterocycles. The molecule has 4 heteroatoms. The van der Waals surface area contributed by atoms with Crippen molar-refractivity contribution in [3.8, 4) is 0 Å². The predicted molar refractivity (Wildman–Crippen MR) is 70.9 cm³/mol. The Morgan fingerprint density at radius 3 is 2.29 bits per heavy atom. The molecule has 17 heavy (non-hydrogen) atoms. The summed E-state index contributed by atoms with van der Waals surface area (Å²) in [5.74, 6) is 0.659. The van der Waals surface area contributed by atoms with E-state index in [1.807, 2.05) is 6.92 Å². The molecule has 4 nitrogen and oxygen atoms in total. The van der Waals surface area contributed by atoms with Crippen molar-refractivity contribution in [3.63, 3.8) is 0 Å². The van der Waals surface area contributed by atoms with Gasteiger partial charge in [-0.05, 0) is 26.7 Å². The molecule has 0 saturated carbocycles. The molecule has 0 aromatic carbocycles. The van der Waals surface area contributed by atoms with Crippen LogP contribution in [0.15, 0.2) is 0 Å². The van der Waals surface area contributed by atoms with Crippen molar-refractivity contribution in [1.29, 1.82) is 0 Å². The summed E-state index contributed by atoms with van der Waals surface area (Å²) in [5.41, 5.74) is 0. The number of hydrogen-bond acceptors (Lipinski definition) is 3. The first-order valence-corrected chi connectivity index (χ1v) is 6.68. The molecule has 1 heterocycles. The normalized spacial score (nSPS) is 28.1. The molecule has 0 spiro atoms. The van der Waals surface area contributed by atoms with Gasteiger partial charge in [-0.25, -0.2) is 0 Å². The number of rotatable bonds is 4. The molecule has 0 aromatic rings. The van der Waals surface area contributed by atoms with E-state index >= 15 is 0 Å². The number of hydrogen-bond donors (Lipinski definition) is 2. The fourth-order valence-corrected chi connectivity index (χ4v) is 2.30. The molecular weight excluding hydrogens is 214 g/mol. The Hall–Kier alpha value is -0.610. The van der Waals surface area contributed by atoms with Crippen LogP contribution in [0.5, 0.6) is 0 Å². The number of nitrogens with zero attached hydrogens (tertiary/aromatic N) is 1. The van der Waals surface area contributed by atoms with E-state index in [-0.39, 0.29) is 11.9 Å². The number of amides is 1. The van der Waals surface area contributed by atoms with Crippen LogP contribution in [0.1, 0.15) is 34.6 Å². The second kappa shape index (κ2) is 6.36. The van der Waals surface area contributed by atoms with Crippen molar-refractivity contribution in [2.24, 2.45) is 5.92 Å². The lowest BCUT2D eigenvalue weighted by atomic mass is 10.1. The molecule has 0 aliphatic carbocycles. The zero-order valence-electron chi connectivity index (χ0n) is 11.8. The van der Waals surface area contributed by atoms with Crippen LogP contribution < -0.4 is 10.6 Å². The summed E-state index contributed by atoms with van der Waals surface area (Å²) >= 11 is 0. The Bertz CT molecular complexity index is 245. The molecule has 1 amide bonds. The highest BCUT2D eigenvalue weighted by Crippen LogP contribution is 2.08. The van der Waals surface area contributed by atoms with E-state index in [1.54, 1.807) is 0 Å². The van der Waals surface area contributed by atoms with Gasteiger partial charge in [0.2, 0.25) is 5.91 Å². The molecular formula is C13H27N3O. The van der Waals surface area contributed by atoms with Crippen molar-refractivity contribution in [2.75, 3.05) is 19.6 Å². The lowest BCUT2D eigenvalue weighted by Crippen LogP contribution is -2.59. The number of nitrogens with one attached hydrogen (secondary N) is 2. The van der Waals surface area contributed by atoms with E-state index in [0.717, 1.165) is 19.6 Å². The molecule has 1 rings (SSSR count). The minimum absolute atomic E-state index is 0.0271. The minimum Gasteiger partial charge on any atom is -0.354 e. The highest BCUT2D eigenvalue weighted by molar-refractivity contribution is 5.81. The Labute approximate surface area is 105 Å². The first-order chi connectivity index (χ1) is 7.90. The highest BCUT2D eigenvalue weighted by Gasteiger charge is 2.28. The summed E-state index contributed by atoms with van der Waals surface area (Å²) in [6.07, 6.45) is 0. The van der Waals surface area contributed by atoms with Gasteiger partial charge < -0.3 is 10.6 Å².